The lowest BCUT2D eigenvalue weighted by atomic mass is 9.58. The van der Waals surface area contributed by atoms with Crippen molar-refractivity contribution in [2.75, 3.05) is 13.2 Å². The summed E-state index contributed by atoms with van der Waals surface area (Å²) < 4.78 is 6.45. The molecule has 0 aromatic heterocycles. The highest BCUT2D eigenvalue weighted by molar-refractivity contribution is 5.86. The first kappa shape index (κ1) is 19.1. The summed E-state index contributed by atoms with van der Waals surface area (Å²) in [6, 6.07) is 15.2. The molecule has 2 bridgehead atoms. The molecular formula is C25H31NO3. The van der Waals surface area contributed by atoms with Crippen molar-refractivity contribution in [2.45, 2.75) is 51.7 Å². The average molecular weight is 394 g/mol. The van der Waals surface area contributed by atoms with Crippen LogP contribution in [-0.4, -0.2) is 30.3 Å². The maximum Gasteiger partial charge on any atom is 0.222 e. The van der Waals surface area contributed by atoms with Gasteiger partial charge in [0.2, 0.25) is 5.91 Å². The summed E-state index contributed by atoms with van der Waals surface area (Å²) in [5.41, 5.74) is 1.44. The Morgan fingerprint density at radius 3 is 2.83 bits per heavy atom. The zero-order chi connectivity index (χ0) is 20.2. The maximum absolute atomic E-state index is 12.5. The van der Waals surface area contributed by atoms with Crippen molar-refractivity contribution in [2.24, 2.45) is 22.7 Å². The van der Waals surface area contributed by atoms with Gasteiger partial charge in [-0.25, -0.2) is 0 Å². The van der Waals surface area contributed by atoms with E-state index in [1.54, 1.807) is 0 Å². The first-order valence-electron chi connectivity index (χ1n) is 11.0. The number of amides is 1. The molecular weight excluding hydrogens is 362 g/mol. The van der Waals surface area contributed by atoms with Gasteiger partial charge in [0, 0.05) is 19.1 Å². The summed E-state index contributed by atoms with van der Waals surface area (Å²) >= 11 is 0. The van der Waals surface area contributed by atoms with Crippen molar-refractivity contribution < 1.29 is 14.6 Å². The number of fused-ring (bicyclic) bond motifs is 2. The summed E-state index contributed by atoms with van der Waals surface area (Å²) in [5.74, 6) is 0.977. The molecule has 1 unspecified atom stereocenters. The predicted octanol–water partition coefficient (Wildman–Crippen LogP) is 4.22. The average Bonchev–Trinajstić information content (AvgIpc) is 3.20. The molecule has 2 aliphatic carbocycles. The van der Waals surface area contributed by atoms with E-state index in [4.69, 9.17) is 4.74 Å². The lowest BCUT2D eigenvalue weighted by Crippen LogP contribution is -2.59. The van der Waals surface area contributed by atoms with Crippen LogP contribution in [0.4, 0.5) is 0 Å². The van der Waals surface area contributed by atoms with Gasteiger partial charge in [-0.15, -0.1) is 0 Å². The van der Waals surface area contributed by atoms with Crippen LogP contribution in [0.1, 0.15) is 51.2 Å². The third-order valence-electron chi connectivity index (χ3n) is 8.28. The predicted molar refractivity (Wildman–Crippen MR) is 113 cm³/mol. The summed E-state index contributed by atoms with van der Waals surface area (Å²) in [5, 5.41) is 15.1. The van der Waals surface area contributed by atoms with E-state index in [9.17, 15) is 9.90 Å². The molecule has 4 heteroatoms. The highest BCUT2D eigenvalue weighted by atomic mass is 16.5. The van der Waals surface area contributed by atoms with Crippen LogP contribution in [0.5, 0.6) is 0 Å². The number of rotatable bonds is 4. The van der Waals surface area contributed by atoms with E-state index in [0.717, 1.165) is 19.4 Å². The Labute approximate surface area is 172 Å². The van der Waals surface area contributed by atoms with Crippen molar-refractivity contribution in [3.63, 3.8) is 0 Å². The van der Waals surface area contributed by atoms with E-state index in [1.165, 1.54) is 22.8 Å². The van der Waals surface area contributed by atoms with Crippen LogP contribution in [0.15, 0.2) is 42.5 Å². The van der Waals surface area contributed by atoms with Gasteiger partial charge in [0.25, 0.3) is 0 Å². The van der Waals surface area contributed by atoms with Crippen LogP contribution in [-0.2, 0) is 9.53 Å². The number of carbonyl (C=O) groups excluding carboxylic acids is 1. The third-order valence-corrected chi connectivity index (χ3v) is 8.28. The molecule has 2 N–H and O–H groups in total. The molecule has 3 fully saturated rings. The fraction of sp³-hybridized carbons (Fsp3) is 0.560. The zero-order valence-corrected chi connectivity index (χ0v) is 17.4. The smallest absolute Gasteiger partial charge is 0.222 e. The third kappa shape index (κ3) is 2.76. The molecule has 4 nitrogen and oxygen atoms in total. The Balaban J connectivity index is 1.54. The highest BCUT2D eigenvalue weighted by Gasteiger charge is 2.68. The van der Waals surface area contributed by atoms with E-state index in [2.05, 4.69) is 61.6 Å². The van der Waals surface area contributed by atoms with E-state index in [-0.39, 0.29) is 41.9 Å². The number of hydrogen-bond acceptors (Lipinski definition) is 3. The highest BCUT2D eigenvalue weighted by Crippen LogP contribution is 2.70. The number of aliphatic hydroxyl groups excluding tert-OH is 1. The molecule has 2 aromatic carbocycles. The molecule has 3 aliphatic rings. The van der Waals surface area contributed by atoms with Crippen LogP contribution in [0, 0.1) is 22.7 Å². The molecule has 5 rings (SSSR count). The van der Waals surface area contributed by atoms with Crippen molar-refractivity contribution >= 4 is 16.7 Å². The molecule has 29 heavy (non-hydrogen) atoms. The standard InChI is InChI=1S/C25H31NO3/c1-24(2)17-14-20-22(19-9-5-7-16-6-3-4-8-18(16)19)29-13-11-25(20,15-17)23(24)26-21(28)10-12-27/h3-9,17,20,22-23,27H,10-15H2,1-2H3,(H,26,28)/t17-,20-,22-,23+,25?/m1/s1. The molecule has 1 heterocycles. The minimum absolute atomic E-state index is 0.0283. The fourth-order valence-electron chi connectivity index (χ4n) is 6.93. The Kier molecular flexibility index (Phi) is 4.48. The molecule has 154 valence electrons. The molecule has 2 saturated carbocycles. The first-order valence-corrected chi connectivity index (χ1v) is 11.0. The largest absolute Gasteiger partial charge is 0.396 e. The molecule has 5 atom stereocenters. The maximum atomic E-state index is 12.5. The van der Waals surface area contributed by atoms with Gasteiger partial charge in [0.15, 0.2) is 0 Å². The van der Waals surface area contributed by atoms with E-state index < -0.39 is 0 Å². The van der Waals surface area contributed by atoms with Crippen molar-refractivity contribution in [3.8, 4) is 0 Å². The van der Waals surface area contributed by atoms with Gasteiger partial charge in [0.05, 0.1) is 12.7 Å². The van der Waals surface area contributed by atoms with Crippen LogP contribution in [0.25, 0.3) is 10.8 Å². The number of benzene rings is 2. The SMILES string of the molecule is CC1(C)[C@@H]2C[C@@H]3[C@@H](c4cccc5ccccc45)OCCC3(C2)[C@H]1NC(=O)CCO. The van der Waals surface area contributed by atoms with E-state index in [0.29, 0.717) is 11.8 Å². The molecule has 2 aromatic rings. The van der Waals surface area contributed by atoms with Crippen molar-refractivity contribution in [3.05, 3.63) is 48.0 Å². The lowest BCUT2D eigenvalue weighted by molar-refractivity contribution is -0.137. The zero-order valence-electron chi connectivity index (χ0n) is 17.4. The van der Waals surface area contributed by atoms with Gasteiger partial charge < -0.3 is 15.2 Å². The molecule has 1 saturated heterocycles. The molecule has 1 spiro atoms. The van der Waals surface area contributed by atoms with Crippen molar-refractivity contribution in [1.29, 1.82) is 0 Å². The van der Waals surface area contributed by atoms with Crippen molar-refractivity contribution in [1.82, 2.24) is 5.32 Å². The van der Waals surface area contributed by atoms with Gasteiger partial charge in [-0.05, 0) is 58.3 Å². The molecule has 0 radical (unpaired) electrons. The van der Waals surface area contributed by atoms with E-state index in [1.807, 2.05) is 0 Å². The normalized spacial score (nSPS) is 34.9. The number of carbonyl (C=O) groups is 1. The number of ether oxygens (including phenoxy) is 1. The van der Waals surface area contributed by atoms with Crippen LogP contribution < -0.4 is 5.32 Å². The van der Waals surface area contributed by atoms with E-state index >= 15 is 0 Å². The van der Waals surface area contributed by atoms with Gasteiger partial charge >= 0.3 is 0 Å². The second-order valence-electron chi connectivity index (χ2n) is 9.88. The van der Waals surface area contributed by atoms with Gasteiger partial charge in [-0.2, -0.15) is 0 Å². The second-order valence-corrected chi connectivity index (χ2v) is 9.88. The number of nitrogens with one attached hydrogen (secondary N) is 1. The number of hydrogen-bond donors (Lipinski definition) is 2. The Morgan fingerprint density at radius 2 is 2.00 bits per heavy atom. The van der Waals surface area contributed by atoms with Gasteiger partial charge in [0.1, 0.15) is 0 Å². The fourth-order valence-corrected chi connectivity index (χ4v) is 6.93. The lowest BCUT2D eigenvalue weighted by Gasteiger charge is -2.53. The monoisotopic (exact) mass is 393 g/mol. The quantitative estimate of drug-likeness (QED) is 0.818. The van der Waals surface area contributed by atoms with Crippen LogP contribution in [0.2, 0.25) is 0 Å². The first-order chi connectivity index (χ1) is 14.0. The summed E-state index contributed by atoms with van der Waals surface area (Å²) in [4.78, 5) is 12.5. The van der Waals surface area contributed by atoms with Gasteiger partial charge in [-0.1, -0.05) is 56.3 Å². The Bertz CT molecular complexity index is 933. The number of aliphatic hydroxyl groups is 1. The minimum atomic E-state index is -0.0966. The summed E-state index contributed by atoms with van der Waals surface area (Å²) in [6.07, 6.45) is 3.59. The Hall–Kier alpha value is -1.91. The van der Waals surface area contributed by atoms with Crippen LogP contribution in [0.3, 0.4) is 0 Å². The van der Waals surface area contributed by atoms with Crippen LogP contribution >= 0.6 is 0 Å². The summed E-state index contributed by atoms with van der Waals surface area (Å²) in [7, 11) is 0. The topological polar surface area (TPSA) is 58.6 Å². The minimum Gasteiger partial charge on any atom is -0.396 e. The molecule has 1 aliphatic heterocycles. The Morgan fingerprint density at radius 1 is 1.21 bits per heavy atom. The second kappa shape index (κ2) is 6.82. The van der Waals surface area contributed by atoms with Gasteiger partial charge in [-0.3, -0.25) is 4.79 Å². The summed E-state index contributed by atoms with van der Waals surface area (Å²) in [6.45, 7) is 5.27. The molecule has 1 amide bonds.